The summed E-state index contributed by atoms with van der Waals surface area (Å²) in [6, 6.07) is 7.61. The number of aromatic nitrogens is 3. The van der Waals surface area contributed by atoms with Gasteiger partial charge in [0.25, 0.3) is 0 Å². The van der Waals surface area contributed by atoms with Gasteiger partial charge in [-0.2, -0.15) is 5.10 Å². The van der Waals surface area contributed by atoms with E-state index in [9.17, 15) is 4.79 Å². The van der Waals surface area contributed by atoms with Crippen LogP contribution in [0.1, 0.15) is 43.0 Å². The number of nitrogens with zero attached hydrogens (tertiary/aromatic N) is 4. The minimum Gasteiger partial charge on any atom is -0.440 e. The predicted octanol–water partition coefficient (Wildman–Crippen LogP) is 3.38. The van der Waals surface area contributed by atoms with Gasteiger partial charge in [-0.3, -0.25) is 14.4 Å². The zero-order chi connectivity index (χ0) is 19.8. The van der Waals surface area contributed by atoms with E-state index in [2.05, 4.69) is 20.3 Å². The molecule has 2 aromatic heterocycles. The molecule has 28 heavy (non-hydrogen) atoms. The van der Waals surface area contributed by atoms with Gasteiger partial charge in [0.15, 0.2) is 11.5 Å². The van der Waals surface area contributed by atoms with Crippen LogP contribution in [-0.4, -0.2) is 44.7 Å². The van der Waals surface area contributed by atoms with Crippen molar-refractivity contribution >= 4 is 22.7 Å². The molecule has 3 aromatic rings. The van der Waals surface area contributed by atoms with Crippen LogP contribution in [0.3, 0.4) is 0 Å². The summed E-state index contributed by atoms with van der Waals surface area (Å²) in [5.74, 6) is 0.980. The number of para-hydroxylation sites is 2. The molecule has 1 aliphatic rings. The van der Waals surface area contributed by atoms with Gasteiger partial charge in [-0.05, 0) is 52.3 Å². The molecule has 2 atom stereocenters. The summed E-state index contributed by atoms with van der Waals surface area (Å²) >= 11 is 0. The Bertz CT molecular complexity index is 973. The number of piperidine rings is 1. The van der Waals surface area contributed by atoms with Crippen molar-refractivity contribution in [3.05, 3.63) is 41.5 Å². The monoisotopic (exact) mass is 381 g/mol. The molecular weight excluding hydrogens is 354 g/mol. The van der Waals surface area contributed by atoms with Crippen molar-refractivity contribution in [1.82, 2.24) is 19.7 Å². The van der Waals surface area contributed by atoms with E-state index >= 15 is 0 Å². The lowest BCUT2D eigenvalue weighted by Gasteiger charge is -2.34. The normalized spacial score (nSPS) is 19.1. The first-order valence-corrected chi connectivity index (χ1v) is 9.84. The summed E-state index contributed by atoms with van der Waals surface area (Å²) in [4.78, 5) is 19.8. The third-order valence-corrected chi connectivity index (χ3v) is 5.80. The second-order valence-electron chi connectivity index (χ2n) is 7.69. The second-order valence-corrected chi connectivity index (χ2v) is 7.69. The maximum Gasteiger partial charge on any atom is 0.241 e. The molecule has 0 bridgehead atoms. The molecular formula is C21H27N5O2. The number of rotatable bonds is 4. The zero-order valence-electron chi connectivity index (χ0n) is 16.9. The van der Waals surface area contributed by atoms with E-state index < -0.39 is 0 Å². The van der Waals surface area contributed by atoms with E-state index in [1.807, 2.05) is 52.1 Å². The van der Waals surface area contributed by atoms with Crippen LogP contribution in [0.2, 0.25) is 0 Å². The Morgan fingerprint density at radius 3 is 2.82 bits per heavy atom. The third-order valence-electron chi connectivity index (χ3n) is 5.80. The van der Waals surface area contributed by atoms with Crippen molar-refractivity contribution in [2.24, 2.45) is 7.05 Å². The fourth-order valence-electron chi connectivity index (χ4n) is 3.97. The van der Waals surface area contributed by atoms with E-state index in [1.165, 1.54) is 0 Å². The molecule has 1 fully saturated rings. The number of oxazole rings is 1. The van der Waals surface area contributed by atoms with Crippen LogP contribution >= 0.6 is 0 Å². The van der Waals surface area contributed by atoms with Crippen LogP contribution in [0.15, 0.2) is 28.7 Å². The molecule has 4 rings (SSSR count). The highest BCUT2D eigenvalue weighted by Crippen LogP contribution is 2.30. The molecule has 7 heteroatoms. The maximum atomic E-state index is 12.9. The topological polar surface area (TPSA) is 76.2 Å². The number of carbonyl (C=O) groups is 1. The van der Waals surface area contributed by atoms with Crippen molar-refractivity contribution in [3.8, 4) is 0 Å². The Morgan fingerprint density at radius 1 is 1.32 bits per heavy atom. The smallest absolute Gasteiger partial charge is 0.241 e. The van der Waals surface area contributed by atoms with Crippen LogP contribution in [-0.2, 0) is 11.8 Å². The maximum absolute atomic E-state index is 12.9. The highest BCUT2D eigenvalue weighted by molar-refractivity contribution is 5.95. The first-order valence-electron chi connectivity index (χ1n) is 9.84. The van der Waals surface area contributed by atoms with Crippen LogP contribution in [0.25, 0.3) is 11.1 Å². The van der Waals surface area contributed by atoms with Gasteiger partial charge in [-0.25, -0.2) is 4.98 Å². The second kappa shape index (κ2) is 7.39. The van der Waals surface area contributed by atoms with Gasteiger partial charge in [0.05, 0.1) is 23.1 Å². The number of amides is 1. The quantitative estimate of drug-likeness (QED) is 0.750. The lowest BCUT2D eigenvalue weighted by Crippen LogP contribution is -2.46. The molecule has 1 aromatic carbocycles. The summed E-state index contributed by atoms with van der Waals surface area (Å²) in [5.41, 5.74) is 4.32. The van der Waals surface area contributed by atoms with Gasteiger partial charge in [0, 0.05) is 19.5 Å². The highest BCUT2D eigenvalue weighted by atomic mass is 16.3. The average molecular weight is 381 g/mol. The minimum absolute atomic E-state index is 0.00239. The summed E-state index contributed by atoms with van der Waals surface area (Å²) in [6.45, 7) is 7.51. The van der Waals surface area contributed by atoms with Crippen molar-refractivity contribution in [2.75, 3.05) is 18.4 Å². The first kappa shape index (κ1) is 18.7. The van der Waals surface area contributed by atoms with Crippen molar-refractivity contribution in [1.29, 1.82) is 0 Å². The van der Waals surface area contributed by atoms with Crippen LogP contribution < -0.4 is 5.32 Å². The molecule has 0 saturated carbocycles. The minimum atomic E-state index is -0.230. The largest absolute Gasteiger partial charge is 0.440 e. The van der Waals surface area contributed by atoms with Crippen molar-refractivity contribution in [3.63, 3.8) is 0 Å². The first-order chi connectivity index (χ1) is 13.4. The van der Waals surface area contributed by atoms with Gasteiger partial charge >= 0.3 is 0 Å². The van der Waals surface area contributed by atoms with Crippen molar-refractivity contribution in [2.45, 2.75) is 45.6 Å². The Balaban J connectivity index is 1.46. The lowest BCUT2D eigenvalue weighted by atomic mass is 9.96. The third kappa shape index (κ3) is 3.42. The number of hydrogen-bond acceptors (Lipinski definition) is 5. The molecule has 3 heterocycles. The van der Waals surface area contributed by atoms with Gasteiger partial charge in [-0.1, -0.05) is 12.1 Å². The molecule has 0 aliphatic carbocycles. The molecule has 2 unspecified atom stereocenters. The van der Waals surface area contributed by atoms with Gasteiger partial charge in [-0.15, -0.1) is 0 Å². The summed E-state index contributed by atoms with van der Waals surface area (Å²) in [5, 5.41) is 7.45. The average Bonchev–Trinajstić information content (AvgIpc) is 3.24. The van der Waals surface area contributed by atoms with Gasteiger partial charge < -0.3 is 9.73 Å². The number of hydrogen-bond donors (Lipinski definition) is 1. The zero-order valence-corrected chi connectivity index (χ0v) is 16.9. The Kier molecular flexibility index (Phi) is 4.93. The Morgan fingerprint density at radius 2 is 2.11 bits per heavy atom. The number of likely N-dealkylation sites (tertiary alicyclic amines) is 1. The molecule has 1 N–H and O–H groups in total. The van der Waals surface area contributed by atoms with E-state index in [0.717, 1.165) is 60.0 Å². The summed E-state index contributed by atoms with van der Waals surface area (Å²) in [7, 11) is 1.89. The van der Waals surface area contributed by atoms with Crippen LogP contribution in [0.5, 0.6) is 0 Å². The van der Waals surface area contributed by atoms with Crippen molar-refractivity contribution < 1.29 is 9.21 Å². The van der Waals surface area contributed by atoms with Crippen LogP contribution in [0, 0.1) is 13.8 Å². The van der Waals surface area contributed by atoms with Gasteiger partial charge in [0.2, 0.25) is 5.91 Å². The Labute approximate surface area is 164 Å². The van der Waals surface area contributed by atoms with Crippen LogP contribution in [0.4, 0.5) is 5.69 Å². The fourth-order valence-corrected chi connectivity index (χ4v) is 3.97. The fraction of sp³-hybridized carbons (Fsp3) is 0.476. The predicted molar refractivity (Wildman–Crippen MR) is 108 cm³/mol. The molecule has 148 valence electrons. The number of carbonyl (C=O) groups excluding carboxylic acids is 1. The number of aryl methyl sites for hydroxylation is 2. The molecule has 1 amide bonds. The Hall–Kier alpha value is -2.67. The van der Waals surface area contributed by atoms with E-state index in [-0.39, 0.29) is 17.9 Å². The molecule has 0 radical (unpaired) electrons. The number of fused-ring (bicyclic) bond motifs is 1. The summed E-state index contributed by atoms with van der Waals surface area (Å²) < 4.78 is 7.77. The highest BCUT2D eigenvalue weighted by Gasteiger charge is 2.31. The number of anilines is 1. The van der Waals surface area contributed by atoms with E-state index in [4.69, 9.17) is 4.42 Å². The van der Waals surface area contributed by atoms with E-state index in [0.29, 0.717) is 0 Å². The lowest BCUT2D eigenvalue weighted by molar-refractivity contribution is -0.121. The summed E-state index contributed by atoms with van der Waals surface area (Å²) in [6.07, 6.45) is 2.05. The molecule has 1 aliphatic heterocycles. The molecule has 7 nitrogen and oxygen atoms in total. The standard InChI is InChI=1S/C21H27N5O2/c1-13-19(14(2)25(4)24-13)23-20(27)15(3)26-11-7-8-16(12-26)21-22-17-9-5-6-10-18(17)28-21/h5-6,9-10,15-16H,7-8,11-12H2,1-4H3,(H,23,27). The number of nitrogens with one attached hydrogen (secondary N) is 1. The SMILES string of the molecule is Cc1nn(C)c(C)c1NC(=O)C(C)N1CCCC(c2nc3ccccc3o2)C1. The number of benzene rings is 1. The van der Waals surface area contributed by atoms with E-state index in [1.54, 1.807) is 4.68 Å². The molecule has 1 saturated heterocycles. The molecule has 0 spiro atoms. The van der Waals surface area contributed by atoms with Gasteiger partial charge in [0.1, 0.15) is 5.52 Å².